The summed E-state index contributed by atoms with van der Waals surface area (Å²) in [7, 11) is -3.72. The summed E-state index contributed by atoms with van der Waals surface area (Å²) in [4.78, 5) is 17.6. The number of hydrogen-bond donors (Lipinski definition) is 1. The van der Waals surface area contributed by atoms with Crippen molar-refractivity contribution in [3.63, 3.8) is 0 Å². The maximum Gasteiger partial charge on any atom is 0.244 e. The van der Waals surface area contributed by atoms with Gasteiger partial charge >= 0.3 is 0 Å². The van der Waals surface area contributed by atoms with Gasteiger partial charge < -0.3 is 5.32 Å². The van der Waals surface area contributed by atoms with E-state index in [0.717, 1.165) is 28.6 Å². The molecule has 0 aliphatic carbocycles. The van der Waals surface area contributed by atoms with E-state index in [1.165, 1.54) is 15.6 Å². The number of aromatic nitrogens is 1. The number of carbonyl (C=O) groups excluding carboxylic acids is 1. The average Bonchev–Trinajstić information content (AvgIpc) is 3.10. The molecule has 146 valence electrons. The van der Waals surface area contributed by atoms with Crippen molar-refractivity contribution in [1.82, 2.24) is 9.29 Å². The number of amides is 1. The van der Waals surface area contributed by atoms with Crippen molar-refractivity contribution in [3.8, 4) is 0 Å². The smallest absolute Gasteiger partial charge is 0.244 e. The van der Waals surface area contributed by atoms with Gasteiger partial charge in [-0.2, -0.15) is 4.31 Å². The molecule has 1 aliphatic heterocycles. The van der Waals surface area contributed by atoms with Gasteiger partial charge in [-0.25, -0.2) is 13.4 Å². The summed E-state index contributed by atoms with van der Waals surface area (Å²) in [5.74, 6) is -0.324. The molecule has 6 nitrogen and oxygen atoms in total. The highest BCUT2D eigenvalue weighted by molar-refractivity contribution is 7.89. The Labute approximate surface area is 168 Å². The van der Waals surface area contributed by atoms with E-state index in [4.69, 9.17) is 0 Å². The van der Waals surface area contributed by atoms with Crippen molar-refractivity contribution in [1.29, 1.82) is 0 Å². The second-order valence-corrected chi connectivity index (χ2v) is 9.84. The molecule has 8 heteroatoms. The van der Waals surface area contributed by atoms with Crippen LogP contribution in [-0.2, 0) is 14.8 Å². The van der Waals surface area contributed by atoms with Gasteiger partial charge in [0, 0.05) is 6.54 Å². The number of nitrogens with zero attached hydrogens (tertiary/aromatic N) is 2. The molecule has 0 radical (unpaired) electrons. The molecule has 0 saturated carbocycles. The van der Waals surface area contributed by atoms with Gasteiger partial charge in [0.2, 0.25) is 15.9 Å². The van der Waals surface area contributed by atoms with Gasteiger partial charge in [-0.15, -0.1) is 0 Å². The van der Waals surface area contributed by atoms with Crippen LogP contribution in [-0.4, -0.2) is 36.2 Å². The Morgan fingerprint density at radius 2 is 1.96 bits per heavy atom. The fourth-order valence-electron chi connectivity index (χ4n) is 3.46. The molecule has 2 heterocycles. The van der Waals surface area contributed by atoms with Gasteiger partial charge in [-0.05, 0) is 49.6 Å². The monoisotopic (exact) mass is 415 g/mol. The highest BCUT2D eigenvalue weighted by Crippen LogP contribution is 2.29. The van der Waals surface area contributed by atoms with E-state index in [2.05, 4.69) is 10.3 Å². The van der Waals surface area contributed by atoms with E-state index in [1.54, 1.807) is 30.3 Å². The Bertz CT molecular complexity index is 1110. The van der Waals surface area contributed by atoms with Crippen molar-refractivity contribution in [2.45, 2.75) is 37.1 Å². The molecule has 3 aromatic rings. The molecule has 0 spiro atoms. The minimum absolute atomic E-state index is 0.213. The van der Waals surface area contributed by atoms with Gasteiger partial charge in [-0.3, -0.25) is 4.79 Å². The Balaban J connectivity index is 1.59. The first-order valence-corrected chi connectivity index (χ1v) is 11.5. The predicted octanol–water partition coefficient (Wildman–Crippen LogP) is 3.79. The van der Waals surface area contributed by atoms with E-state index in [9.17, 15) is 13.2 Å². The summed E-state index contributed by atoms with van der Waals surface area (Å²) in [6.07, 6.45) is 2.07. The zero-order valence-electron chi connectivity index (χ0n) is 15.5. The van der Waals surface area contributed by atoms with Crippen LogP contribution in [0, 0.1) is 6.92 Å². The van der Waals surface area contributed by atoms with E-state index < -0.39 is 16.1 Å². The maximum absolute atomic E-state index is 13.1. The number of fused-ring (bicyclic) bond motifs is 1. The van der Waals surface area contributed by atoms with Crippen LogP contribution in [0.1, 0.15) is 24.8 Å². The van der Waals surface area contributed by atoms with Crippen LogP contribution in [0.4, 0.5) is 5.13 Å². The summed E-state index contributed by atoms with van der Waals surface area (Å²) >= 11 is 1.40. The number of sulfonamides is 1. The third kappa shape index (κ3) is 3.67. The van der Waals surface area contributed by atoms with Crippen LogP contribution in [0.5, 0.6) is 0 Å². The molecule has 1 aromatic heterocycles. The number of piperidine rings is 1. The van der Waals surface area contributed by atoms with Crippen LogP contribution < -0.4 is 5.32 Å². The number of aryl methyl sites for hydroxylation is 1. The van der Waals surface area contributed by atoms with Gasteiger partial charge in [-0.1, -0.05) is 42.0 Å². The molecular weight excluding hydrogens is 394 g/mol. The zero-order valence-corrected chi connectivity index (χ0v) is 17.1. The first-order valence-electron chi connectivity index (χ1n) is 9.20. The topological polar surface area (TPSA) is 79.4 Å². The number of anilines is 1. The number of benzene rings is 2. The molecule has 1 unspecified atom stereocenters. The average molecular weight is 416 g/mol. The summed E-state index contributed by atoms with van der Waals surface area (Å²) in [6.45, 7) is 2.35. The van der Waals surface area contributed by atoms with Crippen molar-refractivity contribution in [2.24, 2.45) is 0 Å². The van der Waals surface area contributed by atoms with Crippen molar-refractivity contribution in [2.75, 3.05) is 11.9 Å². The molecule has 0 bridgehead atoms. The van der Waals surface area contributed by atoms with Crippen molar-refractivity contribution >= 4 is 42.6 Å². The lowest BCUT2D eigenvalue weighted by atomic mass is 10.0. The molecule has 1 fully saturated rings. The van der Waals surface area contributed by atoms with Crippen LogP contribution in [0.3, 0.4) is 0 Å². The van der Waals surface area contributed by atoms with Crippen LogP contribution in [0.2, 0.25) is 0 Å². The molecule has 1 aliphatic rings. The summed E-state index contributed by atoms with van der Waals surface area (Å²) in [6, 6.07) is 13.5. The highest BCUT2D eigenvalue weighted by Gasteiger charge is 2.37. The standard InChI is InChI=1S/C20H21N3O3S2/c1-14-10-11-16-18(13-14)27-20(21-16)22-19(24)17-9-5-6-12-23(17)28(25,26)15-7-3-2-4-8-15/h2-4,7-8,10-11,13,17H,5-6,9,12H2,1H3,(H,21,22,24). The third-order valence-corrected chi connectivity index (χ3v) is 7.74. The summed E-state index contributed by atoms with van der Waals surface area (Å²) in [5, 5.41) is 3.33. The minimum Gasteiger partial charge on any atom is -0.301 e. The largest absolute Gasteiger partial charge is 0.301 e. The summed E-state index contributed by atoms with van der Waals surface area (Å²) in [5.41, 5.74) is 1.95. The number of thiazole rings is 1. The van der Waals surface area contributed by atoms with Crippen molar-refractivity contribution < 1.29 is 13.2 Å². The van der Waals surface area contributed by atoms with Gasteiger partial charge in [0.1, 0.15) is 6.04 Å². The number of hydrogen-bond acceptors (Lipinski definition) is 5. The highest BCUT2D eigenvalue weighted by atomic mass is 32.2. The zero-order chi connectivity index (χ0) is 19.7. The molecule has 1 amide bonds. The molecule has 28 heavy (non-hydrogen) atoms. The van der Waals surface area contributed by atoms with Gasteiger partial charge in [0.15, 0.2) is 5.13 Å². The quantitative estimate of drug-likeness (QED) is 0.703. The fourth-order valence-corrected chi connectivity index (χ4v) is 6.10. The van der Waals surface area contributed by atoms with E-state index >= 15 is 0 Å². The van der Waals surface area contributed by atoms with Crippen LogP contribution >= 0.6 is 11.3 Å². The lowest BCUT2D eigenvalue weighted by molar-refractivity contribution is -0.120. The molecule has 4 rings (SSSR count). The number of carbonyl (C=O) groups is 1. The SMILES string of the molecule is Cc1ccc2nc(NC(=O)C3CCCCN3S(=O)(=O)c3ccccc3)sc2c1. The van der Waals surface area contributed by atoms with Crippen molar-refractivity contribution in [3.05, 3.63) is 54.1 Å². The first kappa shape index (κ1) is 19.0. The molecular formula is C20H21N3O3S2. The Morgan fingerprint density at radius 1 is 1.18 bits per heavy atom. The third-order valence-electron chi connectivity index (χ3n) is 4.88. The molecule has 2 aromatic carbocycles. The Morgan fingerprint density at radius 3 is 2.75 bits per heavy atom. The summed E-state index contributed by atoms with van der Waals surface area (Å²) < 4.78 is 28.5. The maximum atomic E-state index is 13.1. The molecule has 1 atom stereocenters. The van der Waals surface area contributed by atoms with Gasteiger partial charge in [0.25, 0.3) is 0 Å². The number of rotatable bonds is 4. The Hall–Kier alpha value is -2.29. The lowest BCUT2D eigenvalue weighted by Gasteiger charge is -2.33. The van der Waals surface area contributed by atoms with E-state index in [1.807, 2.05) is 25.1 Å². The lowest BCUT2D eigenvalue weighted by Crippen LogP contribution is -2.49. The van der Waals surface area contributed by atoms with E-state index in [0.29, 0.717) is 18.1 Å². The molecule has 1 N–H and O–H groups in total. The van der Waals surface area contributed by atoms with Gasteiger partial charge in [0.05, 0.1) is 15.1 Å². The first-order chi connectivity index (χ1) is 13.4. The normalized spacial score (nSPS) is 18.2. The fraction of sp³-hybridized carbons (Fsp3) is 0.300. The van der Waals surface area contributed by atoms with E-state index in [-0.39, 0.29) is 10.8 Å². The molecule has 1 saturated heterocycles. The minimum atomic E-state index is -3.72. The second-order valence-electron chi connectivity index (χ2n) is 6.92. The number of nitrogens with one attached hydrogen (secondary N) is 1. The van der Waals surface area contributed by atoms with Crippen LogP contribution in [0.15, 0.2) is 53.4 Å². The van der Waals surface area contributed by atoms with Crippen LogP contribution in [0.25, 0.3) is 10.2 Å². The Kier molecular flexibility index (Phi) is 5.18. The predicted molar refractivity (Wildman–Crippen MR) is 111 cm³/mol. The second kappa shape index (κ2) is 7.62.